The molecule has 3 nitrogen and oxygen atoms in total. The van der Waals surface area contributed by atoms with E-state index >= 15 is 0 Å². The second kappa shape index (κ2) is 6.70. The molecule has 4 heteroatoms. The van der Waals surface area contributed by atoms with Crippen molar-refractivity contribution in [3.8, 4) is 22.3 Å². The SMILES string of the molecule is Cc1ccccc1-c1c(C)ccc([PH](O)(O)O)c1-c1ccccc1C. The van der Waals surface area contributed by atoms with Crippen LogP contribution in [0.3, 0.4) is 0 Å². The van der Waals surface area contributed by atoms with Gasteiger partial charge in [-0.15, -0.1) is 0 Å². The Morgan fingerprint density at radius 3 is 1.52 bits per heavy atom. The Bertz CT molecular complexity index is 927. The van der Waals surface area contributed by atoms with E-state index in [0.717, 1.165) is 33.4 Å². The van der Waals surface area contributed by atoms with Gasteiger partial charge >= 0.3 is 148 Å². The van der Waals surface area contributed by atoms with E-state index in [1.807, 2.05) is 75.4 Å². The van der Waals surface area contributed by atoms with Crippen LogP contribution >= 0.6 is 7.94 Å². The summed E-state index contributed by atoms with van der Waals surface area (Å²) in [7, 11) is -4.49. The molecule has 0 fully saturated rings. The zero-order valence-corrected chi connectivity index (χ0v) is 15.6. The maximum atomic E-state index is 10.1. The van der Waals surface area contributed by atoms with E-state index in [4.69, 9.17) is 0 Å². The van der Waals surface area contributed by atoms with Crippen LogP contribution in [-0.2, 0) is 0 Å². The van der Waals surface area contributed by atoms with Crippen molar-refractivity contribution in [2.24, 2.45) is 0 Å². The Morgan fingerprint density at radius 2 is 1.04 bits per heavy atom. The first kappa shape index (κ1) is 17.8. The Hall–Kier alpha value is -2.03. The summed E-state index contributed by atoms with van der Waals surface area (Å²) in [4.78, 5) is 30.3. The van der Waals surface area contributed by atoms with Crippen LogP contribution in [0.4, 0.5) is 0 Å². The zero-order valence-electron chi connectivity index (χ0n) is 14.6. The van der Waals surface area contributed by atoms with Gasteiger partial charge in [0, 0.05) is 0 Å². The molecule has 3 N–H and O–H groups in total. The van der Waals surface area contributed by atoms with Crippen LogP contribution in [-0.4, -0.2) is 14.7 Å². The number of rotatable bonds is 3. The maximum absolute atomic E-state index is 10.1. The van der Waals surface area contributed by atoms with Gasteiger partial charge in [0.1, 0.15) is 0 Å². The molecule has 25 heavy (non-hydrogen) atoms. The topological polar surface area (TPSA) is 60.7 Å². The van der Waals surface area contributed by atoms with Crippen LogP contribution in [0, 0.1) is 20.8 Å². The molecule has 3 aromatic rings. The molecule has 0 atom stereocenters. The summed E-state index contributed by atoms with van der Waals surface area (Å²) in [5.41, 5.74) is 6.69. The monoisotopic (exact) mass is 354 g/mol. The van der Waals surface area contributed by atoms with Gasteiger partial charge in [-0.05, 0) is 0 Å². The van der Waals surface area contributed by atoms with Gasteiger partial charge in [0.15, 0.2) is 0 Å². The molecule has 0 aliphatic carbocycles. The quantitative estimate of drug-likeness (QED) is 0.622. The zero-order chi connectivity index (χ0) is 18.2. The molecule has 0 amide bonds. The van der Waals surface area contributed by atoms with E-state index in [1.54, 1.807) is 6.07 Å². The fraction of sp³-hybridized carbons (Fsp3) is 0.143. The van der Waals surface area contributed by atoms with E-state index < -0.39 is 7.94 Å². The molecule has 0 aliphatic rings. The van der Waals surface area contributed by atoms with Gasteiger partial charge in [-0.25, -0.2) is 0 Å². The molecule has 0 radical (unpaired) electrons. The summed E-state index contributed by atoms with van der Waals surface area (Å²) in [5, 5.41) is 0.214. The molecule has 0 aliphatic heterocycles. The van der Waals surface area contributed by atoms with E-state index in [9.17, 15) is 14.7 Å². The van der Waals surface area contributed by atoms with Crippen LogP contribution in [0.2, 0.25) is 0 Å². The molecule has 0 saturated heterocycles. The molecule has 0 heterocycles. The fourth-order valence-electron chi connectivity index (χ4n) is 3.32. The van der Waals surface area contributed by atoms with Crippen LogP contribution in [0.5, 0.6) is 0 Å². The fourth-order valence-corrected chi connectivity index (χ4v) is 4.22. The predicted molar refractivity (Wildman–Crippen MR) is 106 cm³/mol. The average molecular weight is 354 g/mol. The molecular weight excluding hydrogens is 331 g/mol. The molecule has 130 valence electrons. The standard InChI is InChI=1S/C21H23O3P/c1-14-8-4-6-10-17(14)20-16(3)12-13-19(25(22,23)24)21(20)18-11-7-5-9-15(18)2/h4-13,22-25H,1-3H3. The van der Waals surface area contributed by atoms with Crippen LogP contribution in [0.1, 0.15) is 16.7 Å². The molecule has 3 aromatic carbocycles. The second-order valence-corrected chi connectivity index (χ2v) is 8.25. The van der Waals surface area contributed by atoms with Gasteiger partial charge in [0.2, 0.25) is 0 Å². The van der Waals surface area contributed by atoms with Gasteiger partial charge in [-0.2, -0.15) is 0 Å². The van der Waals surface area contributed by atoms with Gasteiger partial charge in [-0.1, -0.05) is 0 Å². The van der Waals surface area contributed by atoms with Crippen molar-refractivity contribution in [1.29, 1.82) is 0 Å². The minimum atomic E-state index is -4.49. The van der Waals surface area contributed by atoms with Crippen molar-refractivity contribution >= 4 is 13.2 Å². The minimum absolute atomic E-state index is 0.214. The van der Waals surface area contributed by atoms with E-state index in [-0.39, 0.29) is 5.30 Å². The molecule has 0 spiro atoms. The summed E-state index contributed by atoms with van der Waals surface area (Å²) in [6, 6.07) is 19.3. The van der Waals surface area contributed by atoms with Gasteiger partial charge < -0.3 is 0 Å². The van der Waals surface area contributed by atoms with E-state index in [1.165, 1.54) is 0 Å². The van der Waals surface area contributed by atoms with E-state index in [2.05, 4.69) is 0 Å². The van der Waals surface area contributed by atoms with Crippen molar-refractivity contribution in [1.82, 2.24) is 0 Å². The first-order valence-electron chi connectivity index (χ1n) is 8.24. The first-order valence-corrected chi connectivity index (χ1v) is 10.1. The van der Waals surface area contributed by atoms with Crippen molar-refractivity contribution < 1.29 is 14.7 Å². The average Bonchev–Trinajstić information content (AvgIpc) is 2.55. The number of hydrogen-bond acceptors (Lipinski definition) is 3. The molecular formula is C21H23O3P. The summed E-state index contributed by atoms with van der Waals surface area (Å²) >= 11 is 0. The normalized spacial score (nSPS) is 12.2. The summed E-state index contributed by atoms with van der Waals surface area (Å²) in [6.45, 7) is 6.02. The van der Waals surface area contributed by atoms with Crippen molar-refractivity contribution in [3.63, 3.8) is 0 Å². The van der Waals surface area contributed by atoms with Crippen molar-refractivity contribution in [3.05, 3.63) is 77.4 Å². The van der Waals surface area contributed by atoms with Gasteiger partial charge in [0.05, 0.1) is 0 Å². The summed E-state index contributed by atoms with van der Waals surface area (Å²) in [5.74, 6) is 0. The van der Waals surface area contributed by atoms with Crippen LogP contribution in [0.25, 0.3) is 22.3 Å². The number of benzene rings is 3. The van der Waals surface area contributed by atoms with E-state index in [0.29, 0.717) is 5.56 Å². The molecule has 0 bridgehead atoms. The Morgan fingerprint density at radius 1 is 0.560 bits per heavy atom. The third-order valence-electron chi connectivity index (χ3n) is 4.60. The predicted octanol–water partition coefficient (Wildman–Crippen LogP) is 4.04. The Kier molecular flexibility index (Phi) is 4.77. The summed E-state index contributed by atoms with van der Waals surface area (Å²) < 4.78 is 0. The Labute approximate surface area is 148 Å². The molecule has 3 rings (SSSR count). The van der Waals surface area contributed by atoms with Crippen molar-refractivity contribution in [2.75, 3.05) is 0 Å². The van der Waals surface area contributed by atoms with Crippen molar-refractivity contribution in [2.45, 2.75) is 20.8 Å². The van der Waals surface area contributed by atoms with Crippen LogP contribution in [0.15, 0.2) is 60.7 Å². The number of aryl methyl sites for hydroxylation is 3. The first-order chi connectivity index (χ1) is 11.8. The molecule has 0 unspecified atom stereocenters. The second-order valence-electron chi connectivity index (χ2n) is 6.45. The third kappa shape index (κ3) is 3.37. The van der Waals surface area contributed by atoms with Gasteiger partial charge in [0.25, 0.3) is 0 Å². The molecule has 0 saturated carbocycles. The summed E-state index contributed by atoms with van der Waals surface area (Å²) in [6.07, 6.45) is 0. The Balaban J connectivity index is 2.47. The van der Waals surface area contributed by atoms with Gasteiger partial charge in [-0.3, -0.25) is 0 Å². The van der Waals surface area contributed by atoms with Crippen LogP contribution < -0.4 is 5.30 Å². The number of hydrogen-bond donors (Lipinski definition) is 3. The molecule has 0 aromatic heterocycles. The third-order valence-corrected chi connectivity index (χ3v) is 5.74.